The Morgan fingerprint density at radius 3 is 2.56 bits per heavy atom. The summed E-state index contributed by atoms with van der Waals surface area (Å²) in [4.78, 5) is 10.8. The second-order valence-electron chi connectivity index (χ2n) is 5.60. The normalized spacial score (nSPS) is 12.2. The first-order valence-electron chi connectivity index (χ1n) is 7.98. The van der Waals surface area contributed by atoms with Crippen molar-refractivity contribution in [3.8, 4) is 11.5 Å². The standard InChI is InChI=1S/C18H20FN3O2S/c1-5-11-6-13-17(20-9-21-18(13)25-11)22-10(2)12-7-15(23-3)16(24-4)8-14(12)19/h6-10H,5H2,1-4H3,(H,20,21,22). The molecule has 25 heavy (non-hydrogen) atoms. The van der Waals surface area contributed by atoms with E-state index in [0.717, 1.165) is 16.6 Å². The predicted molar refractivity (Wildman–Crippen MR) is 98.3 cm³/mol. The van der Waals surface area contributed by atoms with E-state index in [1.807, 2.05) is 6.92 Å². The molecule has 5 nitrogen and oxygen atoms in total. The summed E-state index contributed by atoms with van der Waals surface area (Å²) in [6.07, 6.45) is 2.47. The molecule has 7 heteroatoms. The number of anilines is 1. The quantitative estimate of drug-likeness (QED) is 0.696. The molecule has 2 aromatic heterocycles. The van der Waals surface area contributed by atoms with Gasteiger partial charge in [-0.05, 0) is 25.5 Å². The van der Waals surface area contributed by atoms with Gasteiger partial charge in [0.1, 0.15) is 22.8 Å². The van der Waals surface area contributed by atoms with E-state index >= 15 is 0 Å². The molecule has 1 aromatic carbocycles. The highest BCUT2D eigenvalue weighted by atomic mass is 32.1. The van der Waals surface area contributed by atoms with E-state index in [9.17, 15) is 4.39 Å². The zero-order chi connectivity index (χ0) is 18.0. The molecule has 0 fully saturated rings. The van der Waals surface area contributed by atoms with Crippen molar-refractivity contribution in [2.75, 3.05) is 19.5 Å². The fourth-order valence-corrected chi connectivity index (χ4v) is 3.61. The number of nitrogens with one attached hydrogen (secondary N) is 1. The lowest BCUT2D eigenvalue weighted by molar-refractivity contribution is 0.351. The molecule has 132 valence electrons. The monoisotopic (exact) mass is 361 g/mol. The van der Waals surface area contributed by atoms with Crippen molar-refractivity contribution in [1.29, 1.82) is 0 Å². The summed E-state index contributed by atoms with van der Waals surface area (Å²) in [5.74, 6) is 1.19. The fraction of sp³-hybridized carbons (Fsp3) is 0.333. The number of ether oxygens (including phenoxy) is 2. The minimum absolute atomic E-state index is 0.303. The Bertz CT molecular complexity index is 897. The third-order valence-electron chi connectivity index (χ3n) is 4.05. The van der Waals surface area contributed by atoms with Gasteiger partial charge in [-0.1, -0.05) is 6.92 Å². The molecule has 0 bridgehead atoms. The van der Waals surface area contributed by atoms with Crippen molar-refractivity contribution in [2.45, 2.75) is 26.3 Å². The number of benzene rings is 1. The highest BCUT2D eigenvalue weighted by Crippen LogP contribution is 2.35. The average molecular weight is 361 g/mol. The summed E-state index contributed by atoms with van der Waals surface area (Å²) in [6, 6.07) is 4.76. The molecule has 0 saturated heterocycles. The molecule has 0 spiro atoms. The number of thiophene rings is 1. The van der Waals surface area contributed by atoms with Crippen LogP contribution in [0.3, 0.4) is 0 Å². The van der Waals surface area contributed by atoms with Crippen molar-refractivity contribution < 1.29 is 13.9 Å². The molecule has 3 aromatic rings. The van der Waals surface area contributed by atoms with Crippen LogP contribution in [0.25, 0.3) is 10.2 Å². The molecule has 2 heterocycles. The summed E-state index contributed by atoms with van der Waals surface area (Å²) in [5, 5.41) is 4.24. The zero-order valence-corrected chi connectivity index (χ0v) is 15.4. The maximum atomic E-state index is 14.5. The van der Waals surface area contributed by atoms with Crippen LogP contribution in [0.5, 0.6) is 11.5 Å². The fourth-order valence-electron chi connectivity index (χ4n) is 2.68. The molecule has 0 aliphatic heterocycles. The number of hydrogen-bond donors (Lipinski definition) is 1. The third-order valence-corrected chi connectivity index (χ3v) is 5.24. The van der Waals surface area contributed by atoms with E-state index in [0.29, 0.717) is 22.9 Å². The van der Waals surface area contributed by atoms with Crippen molar-refractivity contribution in [3.05, 3.63) is 40.8 Å². The topological polar surface area (TPSA) is 56.3 Å². The molecule has 0 aliphatic carbocycles. The third kappa shape index (κ3) is 3.37. The molecular formula is C18H20FN3O2S. The second kappa shape index (κ2) is 7.23. The Balaban J connectivity index is 1.95. The van der Waals surface area contributed by atoms with Gasteiger partial charge >= 0.3 is 0 Å². The lowest BCUT2D eigenvalue weighted by Gasteiger charge is -2.18. The van der Waals surface area contributed by atoms with Gasteiger partial charge in [-0.15, -0.1) is 11.3 Å². The van der Waals surface area contributed by atoms with Gasteiger partial charge in [0, 0.05) is 16.5 Å². The largest absolute Gasteiger partial charge is 0.493 e. The number of hydrogen-bond acceptors (Lipinski definition) is 6. The molecule has 1 atom stereocenters. The maximum absolute atomic E-state index is 14.5. The number of aryl methyl sites for hydroxylation is 1. The number of fused-ring (bicyclic) bond motifs is 1. The summed E-state index contributed by atoms with van der Waals surface area (Å²) < 4.78 is 24.9. The van der Waals surface area contributed by atoms with Gasteiger partial charge in [0.05, 0.1) is 25.6 Å². The number of methoxy groups -OCH3 is 2. The zero-order valence-electron chi connectivity index (χ0n) is 14.6. The van der Waals surface area contributed by atoms with E-state index in [4.69, 9.17) is 9.47 Å². The van der Waals surface area contributed by atoms with Crippen molar-refractivity contribution >= 4 is 27.4 Å². The Labute approximate surface area is 149 Å². The van der Waals surface area contributed by atoms with Gasteiger partial charge in [-0.2, -0.15) is 0 Å². The van der Waals surface area contributed by atoms with Crippen LogP contribution in [0.2, 0.25) is 0 Å². The van der Waals surface area contributed by atoms with E-state index in [2.05, 4.69) is 28.3 Å². The van der Waals surface area contributed by atoms with E-state index in [1.54, 1.807) is 17.4 Å². The van der Waals surface area contributed by atoms with Crippen LogP contribution in [-0.2, 0) is 6.42 Å². The summed E-state index contributed by atoms with van der Waals surface area (Å²) in [7, 11) is 3.02. The summed E-state index contributed by atoms with van der Waals surface area (Å²) in [6.45, 7) is 3.98. The highest BCUT2D eigenvalue weighted by molar-refractivity contribution is 7.18. The molecule has 0 saturated carbocycles. The van der Waals surface area contributed by atoms with Crippen LogP contribution in [0.15, 0.2) is 24.5 Å². The molecule has 3 rings (SSSR count). The first-order chi connectivity index (χ1) is 12.1. The molecule has 1 unspecified atom stereocenters. The van der Waals surface area contributed by atoms with Crippen molar-refractivity contribution in [3.63, 3.8) is 0 Å². The minimum Gasteiger partial charge on any atom is -0.493 e. The number of rotatable bonds is 6. The number of nitrogens with zero attached hydrogens (tertiary/aromatic N) is 2. The van der Waals surface area contributed by atoms with Crippen LogP contribution in [0.1, 0.15) is 30.3 Å². The van der Waals surface area contributed by atoms with Gasteiger partial charge in [-0.25, -0.2) is 14.4 Å². The van der Waals surface area contributed by atoms with Gasteiger partial charge < -0.3 is 14.8 Å². The Morgan fingerprint density at radius 2 is 1.88 bits per heavy atom. The van der Waals surface area contributed by atoms with E-state index in [-0.39, 0.29) is 11.9 Å². The molecule has 0 aliphatic rings. The van der Waals surface area contributed by atoms with Gasteiger partial charge in [0.2, 0.25) is 0 Å². The van der Waals surface area contributed by atoms with Crippen LogP contribution in [0.4, 0.5) is 10.2 Å². The van der Waals surface area contributed by atoms with Crippen molar-refractivity contribution in [1.82, 2.24) is 9.97 Å². The molecule has 1 N–H and O–H groups in total. The lowest BCUT2D eigenvalue weighted by Crippen LogP contribution is -2.10. The van der Waals surface area contributed by atoms with Gasteiger partial charge in [0.15, 0.2) is 11.5 Å². The highest BCUT2D eigenvalue weighted by Gasteiger charge is 2.18. The SMILES string of the molecule is CCc1cc2c(NC(C)c3cc(OC)c(OC)cc3F)ncnc2s1. The summed E-state index contributed by atoms with van der Waals surface area (Å²) in [5.41, 5.74) is 0.482. The summed E-state index contributed by atoms with van der Waals surface area (Å²) >= 11 is 1.65. The Morgan fingerprint density at radius 1 is 1.16 bits per heavy atom. The van der Waals surface area contributed by atoms with Crippen LogP contribution in [0, 0.1) is 5.82 Å². The Kier molecular flexibility index (Phi) is 5.03. The minimum atomic E-state index is -0.359. The second-order valence-corrected chi connectivity index (χ2v) is 6.72. The van der Waals surface area contributed by atoms with Crippen LogP contribution in [-0.4, -0.2) is 24.2 Å². The Hall–Kier alpha value is -2.41. The maximum Gasteiger partial charge on any atom is 0.163 e. The number of aromatic nitrogens is 2. The van der Waals surface area contributed by atoms with Gasteiger partial charge in [-0.3, -0.25) is 0 Å². The van der Waals surface area contributed by atoms with Crippen LogP contribution >= 0.6 is 11.3 Å². The van der Waals surface area contributed by atoms with E-state index < -0.39 is 0 Å². The lowest BCUT2D eigenvalue weighted by atomic mass is 10.1. The molecule has 0 amide bonds. The number of halogens is 1. The van der Waals surface area contributed by atoms with Gasteiger partial charge in [0.25, 0.3) is 0 Å². The van der Waals surface area contributed by atoms with Crippen molar-refractivity contribution in [2.24, 2.45) is 0 Å². The van der Waals surface area contributed by atoms with Crippen LogP contribution < -0.4 is 14.8 Å². The average Bonchev–Trinajstić information content (AvgIpc) is 3.05. The first kappa shape index (κ1) is 17.4. The molecule has 0 radical (unpaired) electrons. The molecular weight excluding hydrogens is 341 g/mol. The van der Waals surface area contributed by atoms with E-state index in [1.165, 1.54) is 31.5 Å². The smallest absolute Gasteiger partial charge is 0.163 e. The predicted octanol–water partition coefficient (Wildman–Crippen LogP) is 4.58. The first-order valence-corrected chi connectivity index (χ1v) is 8.80.